The van der Waals surface area contributed by atoms with Crippen LogP contribution in [0, 0.1) is 0 Å². The van der Waals surface area contributed by atoms with Crippen molar-refractivity contribution in [3.8, 4) is 0 Å². The van der Waals surface area contributed by atoms with E-state index in [2.05, 4.69) is 59.2 Å². The SMILES string of the molecule is CC(=O)NC1CCCN(C(=O)NCCC(c2ccccc2)c2ccccc2)C1. The number of benzene rings is 2. The molecule has 0 aliphatic carbocycles. The quantitative estimate of drug-likeness (QED) is 0.807. The molecule has 0 bridgehead atoms. The molecule has 28 heavy (non-hydrogen) atoms. The molecule has 5 heteroatoms. The summed E-state index contributed by atoms with van der Waals surface area (Å²) in [6.07, 6.45) is 2.67. The minimum Gasteiger partial charge on any atom is -0.352 e. The second kappa shape index (κ2) is 9.93. The van der Waals surface area contributed by atoms with Crippen LogP contribution in [0.5, 0.6) is 0 Å². The van der Waals surface area contributed by atoms with Crippen molar-refractivity contribution in [2.75, 3.05) is 19.6 Å². The average molecular weight is 380 g/mol. The summed E-state index contributed by atoms with van der Waals surface area (Å²) in [6.45, 7) is 3.44. The Kier molecular flexibility index (Phi) is 7.06. The number of hydrogen-bond donors (Lipinski definition) is 2. The molecule has 1 heterocycles. The zero-order chi connectivity index (χ0) is 19.8. The van der Waals surface area contributed by atoms with Gasteiger partial charge in [0.2, 0.25) is 5.91 Å². The van der Waals surface area contributed by atoms with Crippen molar-refractivity contribution in [1.82, 2.24) is 15.5 Å². The summed E-state index contributed by atoms with van der Waals surface area (Å²) in [4.78, 5) is 25.7. The van der Waals surface area contributed by atoms with Gasteiger partial charge in [-0.05, 0) is 30.4 Å². The van der Waals surface area contributed by atoms with Gasteiger partial charge in [-0.1, -0.05) is 60.7 Å². The Bertz CT molecular complexity index is 724. The minimum absolute atomic E-state index is 0.0409. The molecule has 1 saturated heterocycles. The molecule has 0 radical (unpaired) electrons. The zero-order valence-corrected chi connectivity index (χ0v) is 16.4. The Morgan fingerprint density at radius 3 is 2.21 bits per heavy atom. The first kappa shape index (κ1) is 19.9. The van der Waals surface area contributed by atoms with Crippen LogP contribution < -0.4 is 10.6 Å². The van der Waals surface area contributed by atoms with E-state index in [1.807, 2.05) is 17.0 Å². The first-order chi connectivity index (χ1) is 13.6. The maximum atomic E-state index is 12.6. The molecule has 1 atom stereocenters. The van der Waals surface area contributed by atoms with Crippen LogP contribution in [0.2, 0.25) is 0 Å². The molecule has 3 rings (SSSR count). The Balaban J connectivity index is 1.57. The fourth-order valence-electron chi connectivity index (χ4n) is 3.90. The lowest BCUT2D eigenvalue weighted by Gasteiger charge is -2.33. The Morgan fingerprint density at radius 1 is 1.04 bits per heavy atom. The average Bonchev–Trinajstić information content (AvgIpc) is 2.72. The number of hydrogen-bond acceptors (Lipinski definition) is 2. The topological polar surface area (TPSA) is 61.4 Å². The molecule has 0 spiro atoms. The van der Waals surface area contributed by atoms with Crippen molar-refractivity contribution in [2.24, 2.45) is 0 Å². The fourth-order valence-corrected chi connectivity index (χ4v) is 3.90. The third kappa shape index (κ3) is 5.59. The number of nitrogens with one attached hydrogen (secondary N) is 2. The van der Waals surface area contributed by atoms with E-state index < -0.39 is 0 Å². The van der Waals surface area contributed by atoms with Gasteiger partial charge < -0.3 is 15.5 Å². The maximum absolute atomic E-state index is 12.6. The van der Waals surface area contributed by atoms with E-state index >= 15 is 0 Å². The zero-order valence-electron chi connectivity index (χ0n) is 16.4. The number of nitrogens with zero attached hydrogens (tertiary/aromatic N) is 1. The highest BCUT2D eigenvalue weighted by Gasteiger charge is 2.24. The summed E-state index contributed by atoms with van der Waals surface area (Å²) in [6, 6.07) is 20.8. The molecule has 2 aromatic rings. The predicted molar refractivity (Wildman–Crippen MR) is 111 cm³/mol. The Hall–Kier alpha value is -2.82. The molecule has 1 unspecified atom stereocenters. The number of carbonyl (C=O) groups excluding carboxylic acids is 2. The van der Waals surface area contributed by atoms with Crippen molar-refractivity contribution >= 4 is 11.9 Å². The summed E-state index contributed by atoms with van der Waals surface area (Å²) in [5.74, 6) is 0.206. The number of carbonyl (C=O) groups is 2. The lowest BCUT2D eigenvalue weighted by Crippen LogP contribution is -2.52. The van der Waals surface area contributed by atoms with Crippen molar-refractivity contribution in [1.29, 1.82) is 0 Å². The molecular formula is C23H29N3O2. The van der Waals surface area contributed by atoms with Crippen LogP contribution in [-0.4, -0.2) is 42.5 Å². The van der Waals surface area contributed by atoms with Crippen molar-refractivity contribution in [3.63, 3.8) is 0 Å². The summed E-state index contributed by atoms with van der Waals surface area (Å²) < 4.78 is 0. The molecule has 1 fully saturated rings. The molecule has 148 valence electrons. The molecular weight excluding hydrogens is 350 g/mol. The standard InChI is InChI=1S/C23H29N3O2/c1-18(27)25-21-13-8-16-26(17-21)23(28)24-15-14-22(19-9-4-2-5-10-19)20-11-6-3-7-12-20/h2-7,9-12,21-22H,8,13-17H2,1H3,(H,24,28)(H,25,27). The highest BCUT2D eigenvalue weighted by Crippen LogP contribution is 2.27. The molecule has 1 aliphatic heterocycles. The van der Waals surface area contributed by atoms with E-state index in [0.717, 1.165) is 25.8 Å². The third-order valence-corrected chi connectivity index (χ3v) is 5.23. The largest absolute Gasteiger partial charge is 0.352 e. The van der Waals surface area contributed by atoms with Crippen LogP contribution in [-0.2, 0) is 4.79 Å². The number of urea groups is 1. The summed E-state index contributed by atoms with van der Waals surface area (Å²) in [7, 11) is 0. The monoisotopic (exact) mass is 379 g/mol. The number of rotatable bonds is 6. The maximum Gasteiger partial charge on any atom is 0.317 e. The number of amides is 3. The van der Waals surface area contributed by atoms with Crippen molar-refractivity contribution in [3.05, 3.63) is 71.8 Å². The second-order valence-electron chi connectivity index (χ2n) is 7.38. The predicted octanol–water partition coefficient (Wildman–Crippen LogP) is 3.52. The minimum atomic E-state index is -0.0464. The first-order valence-electron chi connectivity index (χ1n) is 10.0. The van der Waals surface area contributed by atoms with Gasteiger partial charge in [0.05, 0.1) is 0 Å². The van der Waals surface area contributed by atoms with Crippen LogP contribution in [0.25, 0.3) is 0 Å². The van der Waals surface area contributed by atoms with E-state index in [1.54, 1.807) is 0 Å². The van der Waals surface area contributed by atoms with Gasteiger partial charge in [0.25, 0.3) is 0 Å². The lowest BCUT2D eigenvalue weighted by atomic mass is 9.88. The van der Waals surface area contributed by atoms with Crippen LogP contribution in [0.15, 0.2) is 60.7 Å². The van der Waals surface area contributed by atoms with E-state index in [4.69, 9.17) is 0 Å². The van der Waals surface area contributed by atoms with Crippen LogP contribution in [0.4, 0.5) is 4.79 Å². The van der Waals surface area contributed by atoms with E-state index in [0.29, 0.717) is 13.1 Å². The van der Waals surface area contributed by atoms with Gasteiger partial charge in [0.1, 0.15) is 0 Å². The van der Waals surface area contributed by atoms with Gasteiger partial charge in [0.15, 0.2) is 0 Å². The van der Waals surface area contributed by atoms with Gasteiger partial charge in [-0.3, -0.25) is 4.79 Å². The van der Waals surface area contributed by atoms with E-state index in [9.17, 15) is 9.59 Å². The van der Waals surface area contributed by atoms with Crippen molar-refractivity contribution in [2.45, 2.75) is 38.1 Å². The van der Waals surface area contributed by atoms with Crippen LogP contribution in [0.3, 0.4) is 0 Å². The number of likely N-dealkylation sites (tertiary alicyclic amines) is 1. The highest BCUT2D eigenvalue weighted by molar-refractivity contribution is 5.75. The van der Waals surface area contributed by atoms with E-state index in [-0.39, 0.29) is 23.9 Å². The van der Waals surface area contributed by atoms with Crippen LogP contribution in [0.1, 0.15) is 43.2 Å². The fraction of sp³-hybridized carbons (Fsp3) is 0.391. The molecule has 2 N–H and O–H groups in total. The molecule has 3 amide bonds. The normalized spacial score (nSPS) is 16.6. The summed E-state index contributed by atoms with van der Waals surface area (Å²) in [5.41, 5.74) is 2.51. The third-order valence-electron chi connectivity index (χ3n) is 5.23. The van der Waals surface area contributed by atoms with Gasteiger partial charge in [0, 0.05) is 38.5 Å². The van der Waals surface area contributed by atoms with Gasteiger partial charge in [-0.25, -0.2) is 4.79 Å². The molecule has 0 saturated carbocycles. The highest BCUT2D eigenvalue weighted by atomic mass is 16.2. The van der Waals surface area contributed by atoms with Gasteiger partial charge in [-0.15, -0.1) is 0 Å². The second-order valence-corrected chi connectivity index (χ2v) is 7.38. The smallest absolute Gasteiger partial charge is 0.317 e. The lowest BCUT2D eigenvalue weighted by molar-refractivity contribution is -0.119. The van der Waals surface area contributed by atoms with Gasteiger partial charge in [-0.2, -0.15) is 0 Å². The summed E-state index contributed by atoms with van der Waals surface area (Å²) >= 11 is 0. The molecule has 0 aromatic heterocycles. The molecule has 1 aliphatic rings. The number of piperidine rings is 1. The molecule has 2 aromatic carbocycles. The van der Waals surface area contributed by atoms with Crippen LogP contribution >= 0.6 is 0 Å². The first-order valence-corrected chi connectivity index (χ1v) is 10.0. The summed E-state index contributed by atoms with van der Waals surface area (Å²) in [5, 5.41) is 5.99. The van der Waals surface area contributed by atoms with E-state index in [1.165, 1.54) is 18.1 Å². The Morgan fingerprint density at radius 2 is 1.64 bits per heavy atom. The van der Waals surface area contributed by atoms with Crippen molar-refractivity contribution < 1.29 is 9.59 Å². The molecule has 5 nitrogen and oxygen atoms in total. The Labute approximate surface area is 167 Å². The van der Waals surface area contributed by atoms with Gasteiger partial charge >= 0.3 is 6.03 Å².